The molecule has 5 nitrogen and oxygen atoms in total. The topological polar surface area (TPSA) is 70.1 Å². The molecule has 0 fully saturated rings. The third-order valence-electron chi connectivity index (χ3n) is 2.44. The molecule has 0 saturated heterocycles. The van der Waals surface area contributed by atoms with Gasteiger partial charge in [-0.1, -0.05) is 12.1 Å². The van der Waals surface area contributed by atoms with Gasteiger partial charge in [0.05, 0.1) is 5.69 Å². The summed E-state index contributed by atoms with van der Waals surface area (Å²) < 4.78 is 20.0. The molecule has 0 spiro atoms. The first kappa shape index (κ1) is 14.0. The average Bonchev–Trinajstić information content (AvgIpc) is 2.69. The standard InChI is InChI=1S/C14H16FN3O2/c1-14(2,3)20-13(19)18-11(8-12(16)17-18)9-6-4-5-7-10(9)15/h4-8H,1-3H3,(H2,16,17). The number of aromatic nitrogens is 2. The second-order valence-electron chi connectivity index (χ2n) is 5.33. The number of carbonyl (C=O) groups excluding carboxylic acids is 1. The maximum absolute atomic E-state index is 13.8. The summed E-state index contributed by atoms with van der Waals surface area (Å²) in [5.74, 6) is -0.341. The van der Waals surface area contributed by atoms with Crippen LogP contribution >= 0.6 is 0 Å². The maximum atomic E-state index is 13.8. The number of carbonyl (C=O) groups is 1. The van der Waals surface area contributed by atoms with E-state index >= 15 is 0 Å². The van der Waals surface area contributed by atoms with Gasteiger partial charge in [-0.3, -0.25) is 0 Å². The molecule has 0 atom stereocenters. The summed E-state index contributed by atoms with van der Waals surface area (Å²) in [6.07, 6.45) is -0.701. The zero-order valence-corrected chi connectivity index (χ0v) is 11.6. The van der Waals surface area contributed by atoms with Crippen LogP contribution in [0.2, 0.25) is 0 Å². The lowest BCUT2D eigenvalue weighted by molar-refractivity contribution is 0.0518. The number of hydrogen-bond donors (Lipinski definition) is 1. The molecule has 0 bridgehead atoms. The van der Waals surface area contributed by atoms with Crippen molar-refractivity contribution in [2.24, 2.45) is 0 Å². The highest BCUT2D eigenvalue weighted by Crippen LogP contribution is 2.25. The van der Waals surface area contributed by atoms with Crippen molar-refractivity contribution in [2.45, 2.75) is 26.4 Å². The summed E-state index contributed by atoms with van der Waals surface area (Å²) in [6.45, 7) is 5.21. The first-order valence-electron chi connectivity index (χ1n) is 6.12. The second-order valence-corrected chi connectivity index (χ2v) is 5.33. The van der Waals surface area contributed by atoms with Crippen LogP contribution in [0.4, 0.5) is 15.0 Å². The molecule has 0 saturated carbocycles. The van der Waals surface area contributed by atoms with Gasteiger partial charge in [-0.15, -0.1) is 5.10 Å². The van der Waals surface area contributed by atoms with Gasteiger partial charge < -0.3 is 10.5 Å². The average molecular weight is 277 g/mol. The number of halogens is 1. The molecule has 20 heavy (non-hydrogen) atoms. The number of hydrogen-bond acceptors (Lipinski definition) is 4. The number of benzene rings is 1. The highest BCUT2D eigenvalue weighted by molar-refractivity contribution is 5.79. The van der Waals surface area contributed by atoms with E-state index in [1.165, 1.54) is 12.1 Å². The molecule has 0 aliphatic carbocycles. The first-order chi connectivity index (χ1) is 9.28. The van der Waals surface area contributed by atoms with Gasteiger partial charge in [0.15, 0.2) is 0 Å². The molecular formula is C14H16FN3O2. The van der Waals surface area contributed by atoms with E-state index in [2.05, 4.69) is 5.10 Å². The molecular weight excluding hydrogens is 261 g/mol. The maximum Gasteiger partial charge on any atom is 0.435 e. The fourth-order valence-corrected chi connectivity index (χ4v) is 1.70. The van der Waals surface area contributed by atoms with E-state index < -0.39 is 17.5 Å². The SMILES string of the molecule is CC(C)(C)OC(=O)n1nc(N)cc1-c1ccccc1F. The van der Waals surface area contributed by atoms with Crippen LogP contribution in [0.5, 0.6) is 0 Å². The predicted molar refractivity (Wildman–Crippen MR) is 73.7 cm³/mol. The van der Waals surface area contributed by atoms with E-state index in [9.17, 15) is 9.18 Å². The Labute approximate surface area is 116 Å². The minimum atomic E-state index is -0.701. The minimum absolute atomic E-state index is 0.120. The molecule has 0 aliphatic heterocycles. The van der Waals surface area contributed by atoms with Gasteiger partial charge in [-0.2, -0.15) is 4.68 Å². The van der Waals surface area contributed by atoms with Crippen molar-refractivity contribution in [2.75, 3.05) is 5.73 Å². The lowest BCUT2D eigenvalue weighted by atomic mass is 10.1. The monoisotopic (exact) mass is 277 g/mol. The van der Waals surface area contributed by atoms with Gasteiger partial charge in [0, 0.05) is 11.6 Å². The van der Waals surface area contributed by atoms with E-state index in [-0.39, 0.29) is 17.1 Å². The van der Waals surface area contributed by atoms with Crippen LogP contribution in [-0.2, 0) is 4.74 Å². The van der Waals surface area contributed by atoms with Crippen molar-refractivity contribution >= 4 is 11.9 Å². The van der Waals surface area contributed by atoms with Crippen molar-refractivity contribution in [3.8, 4) is 11.3 Å². The van der Waals surface area contributed by atoms with E-state index in [4.69, 9.17) is 10.5 Å². The molecule has 0 amide bonds. The smallest absolute Gasteiger partial charge is 0.435 e. The lowest BCUT2D eigenvalue weighted by Gasteiger charge is -2.19. The molecule has 6 heteroatoms. The zero-order valence-electron chi connectivity index (χ0n) is 11.6. The molecule has 1 heterocycles. The Morgan fingerprint density at radius 2 is 2.00 bits per heavy atom. The van der Waals surface area contributed by atoms with Gasteiger partial charge in [0.2, 0.25) is 0 Å². The summed E-state index contributed by atoms with van der Waals surface area (Å²) in [5, 5.41) is 3.87. The van der Waals surface area contributed by atoms with Crippen molar-refractivity contribution in [3.63, 3.8) is 0 Å². The lowest BCUT2D eigenvalue weighted by Crippen LogP contribution is -2.28. The highest BCUT2D eigenvalue weighted by Gasteiger charge is 2.23. The van der Waals surface area contributed by atoms with Gasteiger partial charge >= 0.3 is 6.09 Å². The van der Waals surface area contributed by atoms with Crippen LogP contribution in [0.25, 0.3) is 11.3 Å². The van der Waals surface area contributed by atoms with E-state index in [1.807, 2.05) is 0 Å². The van der Waals surface area contributed by atoms with Crippen molar-refractivity contribution in [1.29, 1.82) is 0 Å². The quantitative estimate of drug-likeness (QED) is 0.869. The van der Waals surface area contributed by atoms with Crippen LogP contribution in [0.1, 0.15) is 20.8 Å². The second kappa shape index (κ2) is 4.96. The molecule has 106 valence electrons. The Bertz CT molecular complexity index is 644. The number of rotatable bonds is 1. The Balaban J connectivity index is 2.46. The fourth-order valence-electron chi connectivity index (χ4n) is 1.70. The van der Waals surface area contributed by atoms with Crippen LogP contribution in [0, 0.1) is 5.82 Å². The Morgan fingerprint density at radius 3 is 2.60 bits per heavy atom. The molecule has 1 aromatic heterocycles. The largest absolute Gasteiger partial charge is 0.442 e. The van der Waals surface area contributed by atoms with Gasteiger partial charge in [0.25, 0.3) is 0 Å². The van der Waals surface area contributed by atoms with Gasteiger partial charge in [-0.05, 0) is 32.9 Å². The van der Waals surface area contributed by atoms with E-state index in [1.54, 1.807) is 39.0 Å². The van der Waals surface area contributed by atoms with Crippen LogP contribution in [0.15, 0.2) is 30.3 Å². The first-order valence-corrected chi connectivity index (χ1v) is 6.12. The molecule has 2 N–H and O–H groups in total. The number of anilines is 1. The number of ether oxygens (including phenoxy) is 1. The predicted octanol–water partition coefficient (Wildman–Crippen LogP) is 3.05. The summed E-state index contributed by atoms with van der Waals surface area (Å²) in [7, 11) is 0. The normalized spacial score (nSPS) is 11.4. The van der Waals surface area contributed by atoms with Crippen molar-refractivity contribution in [1.82, 2.24) is 9.78 Å². The zero-order chi connectivity index (χ0) is 14.9. The van der Waals surface area contributed by atoms with Crippen LogP contribution in [-0.4, -0.2) is 21.5 Å². The highest BCUT2D eigenvalue weighted by atomic mass is 19.1. The van der Waals surface area contributed by atoms with Crippen LogP contribution < -0.4 is 5.73 Å². The molecule has 0 radical (unpaired) electrons. The van der Waals surface area contributed by atoms with Crippen molar-refractivity contribution in [3.05, 3.63) is 36.1 Å². The van der Waals surface area contributed by atoms with E-state index in [0.29, 0.717) is 0 Å². The molecule has 1 aromatic carbocycles. The number of nitrogens with zero attached hydrogens (tertiary/aromatic N) is 2. The summed E-state index contributed by atoms with van der Waals surface area (Å²) in [5.41, 5.74) is 5.43. The Hall–Kier alpha value is -2.37. The molecule has 2 rings (SSSR count). The molecule has 0 aliphatic rings. The van der Waals surface area contributed by atoms with E-state index in [0.717, 1.165) is 4.68 Å². The molecule has 2 aromatic rings. The van der Waals surface area contributed by atoms with Crippen LogP contribution in [0.3, 0.4) is 0 Å². The number of nitrogen functional groups attached to an aromatic ring is 1. The summed E-state index contributed by atoms with van der Waals surface area (Å²) in [6, 6.07) is 7.52. The minimum Gasteiger partial charge on any atom is -0.442 e. The molecule has 0 unspecified atom stereocenters. The Morgan fingerprint density at radius 1 is 1.35 bits per heavy atom. The number of nitrogens with two attached hydrogens (primary N) is 1. The fraction of sp³-hybridized carbons (Fsp3) is 0.286. The third kappa shape index (κ3) is 2.96. The Kier molecular flexibility index (Phi) is 3.48. The van der Waals surface area contributed by atoms with Gasteiger partial charge in [-0.25, -0.2) is 9.18 Å². The third-order valence-corrected chi connectivity index (χ3v) is 2.44. The van der Waals surface area contributed by atoms with Gasteiger partial charge in [0.1, 0.15) is 17.2 Å². The summed E-state index contributed by atoms with van der Waals surface area (Å²) >= 11 is 0. The summed E-state index contributed by atoms with van der Waals surface area (Å²) in [4.78, 5) is 12.1. The van der Waals surface area contributed by atoms with Crippen molar-refractivity contribution < 1.29 is 13.9 Å².